The second-order valence-corrected chi connectivity index (χ2v) is 12.3. The first-order valence-corrected chi connectivity index (χ1v) is 14.1. The molecule has 0 saturated carbocycles. The molecule has 0 aliphatic rings. The van der Waals surface area contributed by atoms with E-state index in [4.69, 9.17) is 0 Å². The van der Waals surface area contributed by atoms with Crippen LogP contribution in [0.2, 0.25) is 0 Å². The molecular formula is C27H36F3N3O4S. The number of hydrogen-bond donors (Lipinski definition) is 1. The zero-order chi connectivity index (χ0) is 28.9. The van der Waals surface area contributed by atoms with Crippen molar-refractivity contribution in [2.45, 2.75) is 71.8 Å². The molecule has 1 unspecified atom stereocenters. The normalized spacial score (nSPS) is 13.1. The SMILES string of the molecule is Cc1ccccc1CN(C(=O)CCCN(c1cccc(C(F)(F)F)c1)S(C)(=O)=O)C(C)C(=O)NC(C)(C)C. The zero-order valence-corrected chi connectivity index (χ0v) is 23.4. The Kier molecular flexibility index (Phi) is 9.99. The molecule has 2 aromatic rings. The van der Waals surface area contributed by atoms with Gasteiger partial charge < -0.3 is 10.2 Å². The highest BCUT2D eigenvalue weighted by atomic mass is 32.2. The van der Waals surface area contributed by atoms with Crippen LogP contribution < -0.4 is 9.62 Å². The summed E-state index contributed by atoms with van der Waals surface area (Å²) in [4.78, 5) is 27.7. The van der Waals surface area contributed by atoms with Crippen LogP contribution in [0.4, 0.5) is 18.9 Å². The van der Waals surface area contributed by atoms with E-state index in [9.17, 15) is 31.2 Å². The van der Waals surface area contributed by atoms with Gasteiger partial charge >= 0.3 is 6.18 Å². The van der Waals surface area contributed by atoms with E-state index in [1.165, 1.54) is 11.0 Å². The number of carbonyl (C=O) groups excluding carboxylic acids is 2. The number of carbonyl (C=O) groups is 2. The maximum Gasteiger partial charge on any atom is 0.416 e. The van der Waals surface area contributed by atoms with Crippen molar-refractivity contribution in [2.75, 3.05) is 17.1 Å². The molecule has 0 aliphatic heterocycles. The number of halogens is 3. The number of hydrogen-bond acceptors (Lipinski definition) is 4. The summed E-state index contributed by atoms with van der Waals surface area (Å²) in [7, 11) is -3.93. The van der Waals surface area contributed by atoms with Crippen LogP contribution in [0, 0.1) is 6.92 Å². The van der Waals surface area contributed by atoms with E-state index in [1.54, 1.807) is 6.92 Å². The molecule has 11 heteroatoms. The van der Waals surface area contributed by atoms with Gasteiger partial charge in [0.15, 0.2) is 0 Å². The molecule has 0 spiro atoms. The summed E-state index contributed by atoms with van der Waals surface area (Å²) < 4.78 is 65.2. The Balaban J connectivity index is 2.25. The monoisotopic (exact) mass is 555 g/mol. The maximum absolute atomic E-state index is 13.4. The fourth-order valence-corrected chi connectivity index (χ4v) is 4.83. The van der Waals surface area contributed by atoms with Crippen molar-refractivity contribution in [3.8, 4) is 0 Å². The van der Waals surface area contributed by atoms with E-state index in [0.29, 0.717) is 0 Å². The topological polar surface area (TPSA) is 86.8 Å². The Bertz CT molecular complexity index is 1240. The van der Waals surface area contributed by atoms with Gasteiger partial charge in [-0.25, -0.2) is 8.42 Å². The quantitative estimate of drug-likeness (QED) is 0.452. The Morgan fingerprint density at radius 2 is 1.66 bits per heavy atom. The lowest BCUT2D eigenvalue weighted by Crippen LogP contribution is -2.52. The van der Waals surface area contributed by atoms with Gasteiger partial charge in [0, 0.05) is 25.0 Å². The molecule has 1 atom stereocenters. The summed E-state index contributed by atoms with van der Waals surface area (Å²) in [6.07, 6.45) is -3.79. The Labute approximate surface area is 223 Å². The van der Waals surface area contributed by atoms with Crippen molar-refractivity contribution < 1.29 is 31.2 Å². The van der Waals surface area contributed by atoms with Crippen LogP contribution in [0.25, 0.3) is 0 Å². The molecule has 2 amide bonds. The van der Waals surface area contributed by atoms with Gasteiger partial charge in [0.2, 0.25) is 21.8 Å². The minimum Gasteiger partial charge on any atom is -0.350 e. The van der Waals surface area contributed by atoms with Crippen molar-refractivity contribution in [3.63, 3.8) is 0 Å². The first kappa shape index (κ1) is 31.1. The molecule has 0 radical (unpaired) electrons. The largest absolute Gasteiger partial charge is 0.416 e. The van der Waals surface area contributed by atoms with Gasteiger partial charge in [0.25, 0.3) is 0 Å². The molecule has 0 heterocycles. The number of benzene rings is 2. The third-order valence-electron chi connectivity index (χ3n) is 5.88. The summed E-state index contributed by atoms with van der Waals surface area (Å²) in [6, 6.07) is 10.7. The molecular weight excluding hydrogens is 519 g/mol. The van der Waals surface area contributed by atoms with Gasteiger partial charge in [-0.15, -0.1) is 0 Å². The minimum absolute atomic E-state index is 0.0417. The maximum atomic E-state index is 13.4. The van der Waals surface area contributed by atoms with E-state index < -0.39 is 33.3 Å². The number of amides is 2. The minimum atomic E-state index is -4.63. The van der Waals surface area contributed by atoms with E-state index in [2.05, 4.69) is 5.32 Å². The highest BCUT2D eigenvalue weighted by molar-refractivity contribution is 7.92. The summed E-state index contributed by atoms with van der Waals surface area (Å²) in [5.74, 6) is -0.705. The van der Waals surface area contributed by atoms with Crippen LogP contribution in [0.15, 0.2) is 48.5 Å². The highest BCUT2D eigenvalue weighted by Gasteiger charge is 2.32. The summed E-state index contributed by atoms with van der Waals surface area (Å²) in [5, 5.41) is 2.88. The van der Waals surface area contributed by atoms with Gasteiger partial charge in [-0.3, -0.25) is 13.9 Å². The zero-order valence-electron chi connectivity index (χ0n) is 22.6. The molecule has 1 N–H and O–H groups in total. The molecule has 0 bridgehead atoms. The average molecular weight is 556 g/mol. The van der Waals surface area contributed by atoms with Crippen LogP contribution in [0.5, 0.6) is 0 Å². The number of alkyl halides is 3. The van der Waals surface area contributed by atoms with Crippen molar-refractivity contribution >= 4 is 27.5 Å². The number of sulfonamides is 1. The molecule has 2 rings (SSSR count). The van der Waals surface area contributed by atoms with Crippen molar-refractivity contribution in [1.82, 2.24) is 10.2 Å². The lowest BCUT2D eigenvalue weighted by molar-refractivity contribution is -0.141. The summed E-state index contributed by atoms with van der Waals surface area (Å²) in [6.45, 7) is 9.00. The molecule has 0 aliphatic carbocycles. The fourth-order valence-electron chi connectivity index (χ4n) is 3.87. The molecule has 0 saturated heterocycles. The number of nitrogens with zero attached hydrogens (tertiary/aromatic N) is 2. The number of aryl methyl sites for hydroxylation is 1. The predicted molar refractivity (Wildman–Crippen MR) is 142 cm³/mol. The second-order valence-electron chi connectivity index (χ2n) is 10.4. The molecule has 210 valence electrons. The van der Waals surface area contributed by atoms with Gasteiger partial charge in [0.1, 0.15) is 6.04 Å². The van der Waals surface area contributed by atoms with E-state index in [-0.39, 0.29) is 43.4 Å². The number of rotatable bonds is 10. The van der Waals surface area contributed by atoms with Crippen LogP contribution in [-0.2, 0) is 32.3 Å². The van der Waals surface area contributed by atoms with Crippen LogP contribution in [0.1, 0.15) is 57.2 Å². The van der Waals surface area contributed by atoms with Crippen molar-refractivity contribution in [2.24, 2.45) is 0 Å². The average Bonchev–Trinajstić information content (AvgIpc) is 2.78. The lowest BCUT2D eigenvalue weighted by atomic mass is 10.1. The molecule has 0 aromatic heterocycles. The predicted octanol–water partition coefficient (Wildman–Crippen LogP) is 4.89. The van der Waals surface area contributed by atoms with Crippen LogP contribution in [0.3, 0.4) is 0 Å². The molecule has 2 aromatic carbocycles. The lowest BCUT2D eigenvalue weighted by Gasteiger charge is -2.32. The highest BCUT2D eigenvalue weighted by Crippen LogP contribution is 2.32. The third-order valence-corrected chi connectivity index (χ3v) is 7.08. The fraction of sp³-hybridized carbons (Fsp3) is 0.481. The van der Waals surface area contributed by atoms with Gasteiger partial charge in [-0.2, -0.15) is 13.2 Å². The summed E-state index contributed by atoms with van der Waals surface area (Å²) in [5.41, 5.74) is 0.190. The first-order chi connectivity index (χ1) is 17.4. The number of nitrogens with one attached hydrogen (secondary N) is 1. The summed E-state index contributed by atoms with van der Waals surface area (Å²) >= 11 is 0. The van der Waals surface area contributed by atoms with Crippen LogP contribution >= 0.6 is 0 Å². The van der Waals surface area contributed by atoms with E-state index >= 15 is 0 Å². The van der Waals surface area contributed by atoms with Gasteiger partial charge in [-0.1, -0.05) is 30.3 Å². The van der Waals surface area contributed by atoms with Crippen molar-refractivity contribution in [1.29, 1.82) is 0 Å². The standard InChI is InChI=1S/C27H36F3N3O4S/c1-19-11-7-8-12-21(19)18-32(20(2)25(35)31-26(3,4)5)24(34)15-10-16-33(38(6,36)37)23-14-9-13-22(17-23)27(28,29)30/h7-9,11-14,17,20H,10,15-16,18H2,1-6H3,(H,31,35). The first-order valence-electron chi connectivity index (χ1n) is 12.2. The second kappa shape index (κ2) is 12.2. The van der Waals surface area contributed by atoms with Gasteiger partial charge in [0.05, 0.1) is 17.5 Å². The molecule has 0 fully saturated rings. The molecule has 7 nitrogen and oxygen atoms in total. The van der Waals surface area contributed by atoms with Gasteiger partial charge in [-0.05, 0) is 70.4 Å². The van der Waals surface area contributed by atoms with Crippen molar-refractivity contribution in [3.05, 3.63) is 65.2 Å². The molecule has 38 heavy (non-hydrogen) atoms. The van der Waals surface area contributed by atoms with Crippen LogP contribution in [-0.4, -0.2) is 49.5 Å². The van der Waals surface area contributed by atoms with E-state index in [1.807, 2.05) is 52.0 Å². The number of anilines is 1. The Morgan fingerprint density at radius 1 is 1.03 bits per heavy atom. The smallest absolute Gasteiger partial charge is 0.350 e. The Hall–Kier alpha value is -3.08. The van der Waals surface area contributed by atoms with E-state index in [0.717, 1.165) is 39.9 Å². The third kappa shape index (κ3) is 9.04. The Morgan fingerprint density at radius 3 is 2.21 bits per heavy atom.